The summed E-state index contributed by atoms with van der Waals surface area (Å²) in [6.07, 6.45) is 3.63. The molecule has 1 rings (SSSR count). The normalized spacial score (nSPS) is 16.9. The molecular weight excluding hydrogens is 264 g/mol. The summed E-state index contributed by atoms with van der Waals surface area (Å²) in [5, 5.41) is 12.3. The van der Waals surface area contributed by atoms with Crippen molar-refractivity contribution in [3.8, 4) is 6.07 Å². The first-order valence-electron chi connectivity index (χ1n) is 7.97. The summed E-state index contributed by atoms with van der Waals surface area (Å²) in [7, 11) is 0. The number of likely N-dealkylation sites (tertiary alicyclic amines) is 1. The van der Waals surface area contributed by atoms with E-state index < -0.39 is 0 Å². The first kappa shape index (κ1) is 17.5. The molecule has 21 heavy (non-hydrogen) atoms. The molecule has 5 nitrogen and oxygen atoms in total. The smallest absolute Gasteiger partial charge is 0.265 e. The predicted octanol–water partition coefficient (Wildman–Crippen LogP) is 1.58. The van der Waals surface area contributed by atoms with Crippen LogP contribution in [0, 0.1) is 17.2 Å². The van der Waals surface area contributed by atoms with Gasteiger partial charge in [0.25, 0.3) is 5.91 Å². The third-order valence-corrected chi connectivity index (χ3v) is 4.13. The van der Waals surface area contributed by atoms with Gasteiger partial charge in [0.1, 0.15) is 11.6 Å². The van der Waals surface area contributed by atoms with Gasteiger partial charge in [-0.15, -0.1) is 0 Å². The molecule has 1 aliphatic rings. The minimum absolute atomic E-state index is 0.139. The van der Waals surface area contributed by atoms with Gasteiger partial charge in [-0.05, 0) is 31.8 Å². The zero-order valence-corrected chi connectivity index (χ0v) is 13.6. The van der Waals surface area contributed by atoms with Gasteiger partial charge in [-0.1, -0.05) is 20.8 Å². The zero-order valence-electron chi connectivity index (χ0n) is 13.6. The molecule has 118 valence electrons. The highest BCUT2D eigenvalue weighted by molar-refractivity contribution is 5.97. The molecule has 1 heterocycles. The summed E-state index contributed by atoms with van der Waals surface area (Å²) in [4.78, 5) is 16.3. The zero-order chi connectivity index (χ0) is 15.7. The standard InChI is InChI=1S/C16H28N4O/c1-4-19(5-2)11-8-18-13-15(12-17)16(21)20-9-6-14(3)7-10-20/h13-14,18H,4-11H2,1-3H3/b15-13-. The lowest BCUT2D eigenvalue weighted by Gasteiger charge is -2.30. The van der Waals surface area contributed by atoms with Crippen LogP contribution in [0.1, 0.15) is 33.6 Å². The van der Waals surface area contributed by atoms with E-state index in [1.165, 1.54) is 0 Å². The van der Waals surface area contributed by atoms with Crippen molar-refractivity contribution < 1.29 is 4.79 Å². The van der Waals surface area contributed by atoms with Crippen molar-refractivity contribution in [3.63, 3.8) is 0 Å². The van der Waals surface area contributed by atoms with Crippen LogP contribution in [0.4, 0.5) is 0 Å². The molecule has 1 N–H and O–H groups in total. The fourth-order valence-electron chi connectivity index (χ4n) is 2.46. The lowest BCUT2D eigenvalue weighted by atomic mass is 9.99. The average molecular weight is 292 g/mol. The lowest BCUT2D eigenvalue weighted by Crippen LogP contribution is -2.39. The van der Waals surface area contributed by atoms with Crippen LogP contribution in [0.2, 0.25) is 0 Å². The Balaban J connectivity index is 2.44. The first-order valence-corrected chi connectivity index (χ1v) is 7.97. The maximum absolute atomic E-state index is 12.3. The molecule has 0 bridgehead atoms. The van der Waals surface area contributed by atoms with E-state index in [9.17, 15) is 4.79 Å². The van der Waals surface area contributed by atoms with Gasteiger partial charge in [-0.25, -0.2) is 0 Å². The van der Waals surface area contributed by atoms with Gasteiger partial charge in [0, 0.05) is 32.4 Å². The number of amides is 1. The second kappa shape index (κ2) is 9.41. The van der Waals surface area contributed by atoms with Crippen molar-refractivity contribution in [1.29, 1.82) is 5.26 Å². The van der Waals surface area contributed by atoms with Gasteiger partial charge in [0.15, 0.2) is 0 Å². The molecular formula is C16H28N4O. The van der Waals surface area contributed by atoms with Crippen molar-refractivity contribution >= 4 is 5.91 Å². The molecule has 0 saturated carbocycles. The summed E-state index contributed by atoms with van der Waals surface area (Å²) < 4.78 is 0. The van der Waals surface area contributed by atoms with Gasteiger partial charge in [0.05, 0.1) is 0 Å². The summed E-state index contributed by atoms with van der Waals surface area (Å²) in [5.41, 5.74) is 0.212. The van der Waals surface area contributed by atoms with E-state index in [1.807, 2.05) is 6.07 Å². The Kier molecular flexibility index (Phi) is 7.84. The number of carbonyl (C=O) groups excluding carboxylic acids is 1. The minimum atomic E-state index is -0.139. The Hall–Kier alpha value is -1.54. The third kappa shape index (κ3) is 5.76. The Labute approximate surface area is 128 Å². The topological polar surface area (TPSA) is 59.4 Å². The number of hydrogen-bond donors (Lipinski definition) is 1. The van der Waals surface area contributed by atoms with Crippen molar-refractivity contribution in [1.82, 2.24) is 15.1 Å². The van der Waals surface area contributed by atoms with Crippen molar-refractivity contribution in [2.24, 2.45) is 5.92 Å². The fraction of sp³-hybridized carbons (Fsp3) is 0.750. The Morgan fingerprint density at radius 3 is 2.52 bits per heavy atom. The van der Waals surface area contributed by atoms with Gasteiger partial charge in [-0.3, -0.25) is 4.79 Å². The van der Waals surface area contributed by atoms with Gasteiger partial charge < -0.3 is 15.1 Å². The molecule has 0 aromatic carbocycles. The molecule has 0 aromatic heterocycles. The van der Waals surface area contributed by atoms with Gasteiger partial charge >= 0.3 is 0 Å². The highest BCUT2D eigenvalue weighted by atomic mass is 16.2. The fourth-order valence-corrected chi connectivity index (χ4v) is 2.46. The summed E-state index contributed by atoms with van der Waals surface area (Å²) >= 11 is 0. The number of nitrogens with one attached hydrogen (secondary N) is 1. The van der Waals surface area contributed by atoms with E-state index in [0.29, 0.717) is 5.92 Å². The third-order valence-electron chi connectivity index (χ3n) is 4.13. The van der Waals surface area contributed by atoms with Crippen LogP contribution < -0.4 is 5.32 Å². The molecule has 0 atom stereocenters. The van der Waals surface area contributed by atoms with Crippen molar-refractivity contribution in [3.05, 3.63) is 11.8 Å². The highest BCUT2D eigenvalue weighted by Crippen LogP contribution is 2.17. The number of hydrogen-bond acceptors (Lipinski definition) is 4. The van der Waals surface area contributed by atoms with Crippen LogP contribution in [-0.4, -0.2) is 55.0 Å². The maximum Gasteiger partial charge on any atom is 0.265 e. The second-order valence-corrected chi connectivity index (χ2v) is 5.63. The van der Waals surface area contributed by atoms with Gasteiger partial charge in [-0.2, -0.15) is 5.26 Å². The van der Waals surface area contributed by atoms with Crippen molar-refractivity contribution in [2.75, 3.05) is 39.3 Å². The number of carbonyl (C=O) groups is 1. The van der Waals surface area contributed by atoms with E-state index in [-0.39, 0.29) is 11.5 Å². The average Bonchev–Trinajstić information content (AvgIpc) is 2.51. The van der Waals surface area contributed by atoms with Crippen LogP contribution in [-0.2, 0) is 4.79 Å². The Bertz CT molecular complexity index is 388. The van der Waals surface area contributed by atoms with E-state index in [0.717, 1.165) is 52.1 Å². The quantitative estimate of drug-likeness (QED) is 0.440. The van der Waals surface area contributed by atoms with Crippen molar-refractivity contribution in [2.45, 2.75) is 33.6 Å². The monoisotopic (exact) mass is 292 g/mol. The van der Waals surface area contributed by atoms with Crippen LogP contribution >= 0.6 is 0 Å². The van der Waals surface area contributed by atoms with E-state index in [1.54, 1.807) is 11.1 Å². The lowest BCUT2D eigenvalue weighted by molar-refractivity contribution is -0.128. The van der Waals surface area contributed by atoms with Crippen LogP contribution in [0.15, 0.2) is 11.8 Å². The number of likely N-dealkylation sites (N-methyl/N-ethyl adjacent to an activating group) is 1. The molecule has 0 radical (unpaired) electrons. The van der Waals surface area contributed by atoms with Gasteiger partial charge in [0.2, 0.25) is 0 Å². The van der Waals surface area contributed by atoms with Crippen LogP contribution in [0.5, 0.6) is 0 Å². The highest BCUT2D eigenvalue weighted by Gasteiger charge is 2.22. The molecule has 0 unspecified atom stereocenters. The molecule has 1 aliphatic heterocycles. The minimum Gasteiger partial charge on any atom is -0.388 e. The number of nitrogens with zero attached hydrogens (tertiary/aromatic N) is 3. The van der Waals surface area contributed by atoms with E-state index >= 15 is 0 Å². The molecule has 5 heteroatoms. The second-order valence-electron chi connectivity index (χ2n) is 5.63. The van der Waals surface area contributed by atoms with Crippen LogP contribution in [0.25, 0.3) is 0 Å². The summed E-state index contributed by atoms with van der Waals surface area (Å²) in [6, 6.07) is 2.02. The molecule has 0 spiro atoms. The maximum atomic E-state index is 12.3. The molecule has 1 amide bonds. The molecule has 1 fully saturated rings. The van der Waals surface area contributed by atoms with E-state index in [4.69, 9.17) is 5.26 Å². The predicted molar refractivity (Wildman–Crippen MR) is 84.5 cm³/mol. The molecule has 0 aliphatic carbocycles. The number of piperidine rings is 1. The number of rotatable bonds is 7. The summed E-state index contributed by atoms with van der Waals surface area (Å²) in [6.45, 7) is 11.7. The molecule has 0 aromatic rings. The first-order chi connectivity index (χ1) is 10.1. The number of nitriles is 1. The Morgan fingerprint density at radius 2 is 2.00 bits per heavy atom. The largest absolute Gasteiger partial charge is 0.388 e. The summed E-state index contributed by atoms with van der Waals surface area (Å²) in [5.74, 6) is 0.538. The van der Waals surface area contributed by atoms with Crippen LogP contribution in [0.3, 0.4) is 0 Å². The Morgan fingerprint density at radius 1 is 1.38 bits per heavy atom. The van der Waals surface area contributed by atoms with E-state index in [2.05, 4.69) is 31.0 Å². The molecule has 1 saturated heterocycles. The SMILES string of the molecule is CCN(CC)CCN/C=C(/C#N)C(=O)N1CCC(C)CC1.